The summed E-state index contributed by atoms with van der Waals surface area (Å²) in [7, 11) is -3.90. The Morgan fingerprint density at radius 1 is 1.21 bits per heavy atom. The van der Waals surface area contributed by atoms with Gasteiger partial charge in [0, 0.05) is 5.75 Å². The van der Waals surface area contributed by atoms with Gasteiger partial charge in [-0.05, 0) is 37.1 Å². The number of sulfonamides is 1. The summed E-state index contributed by atoms with van der Waals surface area (Å²) in [4.78, 5) is 13.1. The number of ether oxygens (including phenoxy) is 1. The van der Waals surface area contributed by atoms with Gasteiger partial charge in [0.15, 0.2) is 10.4 Å². The molecule has 8 nitrogen and oxygen atoms in total. The Morgan fingerprint density at radius 2 is 1.94 bits per heavy atom. The van der Waals surface area contributed by atoms with Crippen molar-refractivity contribution in [1.82, 2.24) is 10.2 Å². The molecule has 0 spiro atoms. The fourth-order valence-electron chi connectivity index (χ4n) is 3.15. The van der Waals surface area contributed by atoms with E-state index < -0.39 is 22.0 Å². The van der Waals surface area contributed by atoms with Gasteiger partial charge in [-0.1, -0.05) is 66.8 Å². The number of anilines is 2. The number of aromatic nitrogens is 2. The van der Waals surface area contributed by atoms with E-state index in [0.29, 0.717) is 22.5 Å². The molecule has 0 radical (unpaired) electrons. The number of benzene rings is 2. The molecule has 0 saturated carbocycles. The molecule has 11 heteroatoms. The Hall–Kier alpha value is -2.63. The number of hydrogen-bond donors (Lipinski definition) is 1. The lowest BCUT2D eigenvalue weighted by Gasteiger charge is -2.34. The summed E-state index contributed by atoms with van der Waals surface area (Å²) < 4.78 is 34.7. The Labute approximate surface area is 201 Å². The minimum absolute atomic E-state index is 0.153. The molecule has 1 aromatic heterocycles. The number of rotatable bonds is 7. The van der Waals surface area contributed by atoms with Crippen molar-refractivity contribution in [2.75, 3.05) is 21.9 Å². The molecule has 0 fully saturated rings. The van der Waals surface area contributed by atoms with Crippen LogP contribution >= 0.6 is 23.1 Å². The van der Waals surface area contributed by atoms with Gasteiger partial charge in [0.05, 0.1) is 17.1 Å². The second kappa shape index (κ2) is 9.70. The van der Waals surface area contributed by atoms with Crippen molar-refractivity contribution >= 4 is 49.8 Å². The first kappa shape index (κ1) is 23.5. The molecule has 1 aliphatic heterocycles. The molecule has 3 aromatic rings. The van der Waals surface area contributed by atoms with Crippen LogP contribution in [0.5, 0.6) is 5.75 Å². The van der Waals surface area contributed by atoms with Gasteiger partial charge in [-0.25, -0.2) is 8.42 Å². The predicted octanol–water partition coefficient (Wildman–Crippen LogP) is 4.19. The number of nitrogens with one attached hydrogen (secondary N) is 1. The lowest BCUT2D eigenvalue weighted by atomic mass is 10.2. The molecule has 1 aliphatic rings. The number of carbonyl (C=O) groups is 1. The fraction of sp³-hybridized carbons (Fsp3) is 0.318. The number of amides is 1. The zero-order valence-electron chi connectivity index (χ0n) is 18.4. The molecule has 0 unspecified atom stereocenters. The molecule has 2 heterocycles. The van der Waals surface area contributed by atoms with Gasteiger partial charge >= 0.3 is 0 Å². The summed E-state index contributed by atoms with van der Waals surface area (Å²) in [5.41, 5.74) is 1.35. The van der Waals surface area contributed by atoms with Crippen LogP contribution in [0.1, 0.15) is 19.4 Å². The predicted molar refractivity (Wildman–Crippen MR) is 131 cm³/mol. The molecule has 174 valence electrons. The molecule has 33 heavy (non-hydrogen) atoms. The van der Waals surface area contributed by atoms with E-state index in [1.54, 1.807) is 60.3 Å². The third kappa shape index (κ3) is 5.31. The molecular formula is C22H24N4O4S3. The third-order valence-electron chi connectivity index (χ3n) is 4.81. The Bertz CT molecular complexity index is 1240. The van der Waals surface area contributed by atoms with E-state index in [1.807, 2.05) is 6.92 Å². The molecule has 1 atom stereocenters. The number of aryl methyl sites for hydroxylation is 1. The number of carbonyl (C=O) groups excluding carboxylic acids is 1. The van der Waals surface area contributed by atoms with Crippen LogP contribution < -0.4 is 14.4 Å². The zero-order chi connectivity index (χ0) is 23.6. The van der Waals surface area contributed by atoms with Crippen LogP contribution in [-0.4, -0.2) is 42.9 Å². The topological polar surface area (TPSA) is 101 Å². The quantitative estimate of drug-likeness (QED) is 0.380. The summed E-state index contributed by atoms with van der Waals surface area (Å²) in [6.07, 6.45) is -1.05. The van der Waals surface area contributed by atoms with Gasteiger partial charge in [0.2, 0.25) is 5.13 Å². The summed E-state index contributed by atoms with van der Waals surface area (Å²) in [6, 6.07) is 13.4. The van der Waals surface area contributed by atoms with Crippen LogP contribution in [0, 0.1) is 12.8 Å². The van der Waals surface area contributed by atoms with Crippen LogP contribution in [-0.2, 0) is 14.8 Å². The van der Waals surface area contributed by atoms with E-state index >= 15 is 0 Å². The monoisotopic (exact) mass is 504 g/mol. The molecule has 0 saturated heterocycles. The highest BCUT2D eigenvalue weighted by atomic mass is 32.2. The average molecular weight is 505 g/mol. The number of fused-ring (bicyclic) bond motifs is 1. The Morgan fingerprint density at radius 3 is 2.67 bits per heavy atom. The SMILES string of the molecule is Cc1ccc(S(=O)(=O)N2C[C@H](C(=O)Nc3nnc(SCC(C)C)s3)Oc3ccccc32)cc1. The highest BCUT2D eigenvalue weighted by molar-refractivity contribution is 8.01. The minimum atomic E-state index is -3.90. The third-order valence-corrected chi connectivity index (χ3v) is 9.01. The van der Waals surface area contributed by atoms with E-state index in [9.17, 15) is 13.2 Å². The van der Waals surface area contributed by atoms with Crippen LogP contribution in [0.3, 0.4) is 0 Å². The smallest absolute Gasteiger partial charge is 0.269 e. The number of nitrogens with zero attached hydrogens (tertiary/aromatic N) is 3. The maximum atomic E-state index is 13.4. The minimum Gasteiger partial charge on any atom is -0.476 e. The second-order valence-electron chi connectivity index (χ2n) is 7.99. The van der Waals surface area contributed by atoms with Crippen molar-refractivity contribution in [3.63, 3.8) is 0 Å². The van der Waals surface area contributed by atoms with E-state index in [0.717, 1.165) is 15.7 Å². The standard InChI is InChI=1S/C22H24N4O4S3/c1-14(2)13-31-22-25-24-21(32-22)23-20(27)19-12-26(17-6-4-5-7-18(17)30-19)33(28,29)16-10-8-15(3)9-11-16/h4-11,14,19H,12-13H2,1-3H3,(H,23,24,27)/t19-/m1/s1. The van der Waals surface area contributed by atoms with Crippen molar-refractivity contribution in [2.45, 2.75) is 36.1 Å². The van der Waals surface area contributed by atoms with E-state index in [2.05, 4.69) is 29.4 Å². The molecular weight excluding hydrogens is 480 g/mol. The van der Waals surface area contributed by atoms with Crippen molar-refractivity contribution in [2.24, 2.45) is 5.92 Å². The fourth-order valence-corrected chi connectivity index (χ4v) is 6.35. The molecule has 1 N–H and O–H groups in total. The van der Waals surface area contributed by atoms with E-state index in [4.69, 9.17) is 4.74 Å². The Balaban J connectivity index is 1.56. The highest BCUT2D eigenvalue weighted by Crippen LogP contribution is 2.37. The van der Waals surface area contributed by atoms with Gasteiger partial charge in [0.25, 0.3) is 15.9 Å². The van der Waals surface area contributed by atoms with Gasteiger partial charge in [-0.3, -0.25) is 14.4 Å². The first-order valence-corrected chi connectivity index (χ1v) is 13.6. The van der Waals surface area contributed by atoms with Gasteiger partial charge in [0.1, 0.15) is 5.75 Å². The number of thioether (sulfide) groups is 1. The number of hydrogen-bond acceptors (Lipinski definition) is 8. The normalized spacial score (nSPS) is 15.8. The summed E-state index contributed by atoms with van der Waals surface area (Å²) in [5, 5.41) is 11.2. The van der Waals surface area contributed by atoms with E-state index in [-0.39, 0.29) is 11.4 Å². The molecule has 0 bridgehead atoms. The van der Waals surface area contributed by atoms with Crippen LogP contribution in [0.2, 0.25) is 0 Å². The van der Waals surface area contributed by atoms with Gasteiger partial charge in [-0.2, -0.15) is 0 Å². The summed E-state index contributed by atoms with van der Waals surface area (Å²) >= 11 is 2.86. The van der Waals surface area contributed by atoms with Crippen molar-refractivity contribution in [1.29, 1.82) is 0 Å². The van der Waals surface area contributed by atoms with Crippen molar-refractivity contribution in [3.8, 4) is 5.75 Å². The number of para-hydroxylation sites is 2. The lowest BCUT2D eigenvalue weighted by molar-refractivity contribution is -0.122. The Kier molecular flexibility index (Phi) is 6.91. The molecule has 4 rings (SSSR count). The van der Waals surface area contributed by atoms with Gasteiger partial charge in [-0.15, -0.1) is 10.2 Å². The van der Waals surface area contributed by atoms with E-state index in [1.165, 1.54) is 15.6 Å². The first-order valence-electron chi connectivity index (χ1n) is 10.4. The average Bonchev–Trinajstić information content (AvgIpc) is 3.24. The van der Waals surface area contributed by atoms with Gasteiger partial charge < -0.3 is 4.74 Å². The molecule has 0 aliphatic carbocycles. The zero-order valence-corrected chi connectivity index (χ0v) is 20.8. The summed E-state index contributed by atoms with van der Waals surface area (Å²) in [5.74, 6) is 1.25. The lowest BCUT2D eigenvalue weighted by Crippen LogP contribution is -2.48. The molecule has 2 aromatic carbocycles. The maximum Gasteiger partial charge on any atom is 0.269 e. The van der Waals surface area contributed by atoms with Crippen LogP contribution in [0.25, 0.3) is 0 Å². The first-order chi connectivity index (χ1) is 15.7. The van der Waals surface area contributed by atoms with Crippen molar-refractivity contribution < 1.29 is 17.9 Å². The highest BCUT2D eigenvalue weighted by Gasteiger charge is 2.37. The van der Waals surface area contributed by atoms with Crippen molar-refractivity contribution in [3.05, 3.63) is 54.1 Å². The maximum absolute atomic E-state index is 13.4. The van der Waals surface area contributed by atoms with Crippen LogP contribution in [0.4, 0.5) is 10.8 Å². The summed E-state index contributed by atoms with van der Waals surface area (Å²) in [6.45, 7) is 5.96. The largest absolute Gasteiger partial charge is 0.476 e. The van der Waals surface area contributed by atoms with Crippen LogP contribution in [0.15, 0.2) is 57.8 Å². The molecule has 1 amide bonds. The second-order valence-corrected chi connectivity index (χ2v) is 12.1.